The Hall–Kier alpha value is -3.58. The number of pyridine rings is 1. The number of rotatable bonds is 6. The molecule has 1 aliphatic heterocycles. The molecule has 4 rings (SSSR count). The maximum Gasteiger partial charge on any atom is 0.224 e. The maximum atomic E-state index is 9.95. The third-order valence-corrected chi connectivity index (χ3v) is 5.54. The third-order valence-electron chi connectivity index (χ3n) is 5.54. The van der Waals surface area contributed by atoms with Crippen LogP contribution in [0.1, 0.15) is 36.9 Å². The van der Waals surface area contributed by atoms with Crippen molar-refractivity contribution in [2.24, 2.45) is 5.73 Å². The summed E-state index contributed by atoms with van der Waals surface area (Å²) in [7, 11) is 0. The van der Waals surface area contributed by atoms with Crippen LogP contribution in [0.2, 0.25) is 0 Å². The fourth-order valence-electron chi connectivity index (χ4n) is 4.00. The van der Waals surface area contributed by atoms with Gasteiger partial charge in [-0.05, 0) is 45.0 Å². The molecule has 1 aliphatic rings. The van der Waals surface area contributed by atoms with Crippen molar-refractivity contribution in [3.63, 3.8) is 0 Å². The number of anilines is 1. The summed E-state index contributed by atoms with van der Waals surface area (Å²) >= 11 is 0. The highest BCUT2D eigenvalue weighted by molar-refractivity contribution is 5.69. The van der Waals surface area contributed by atoms with Gasteiger partial charge in [0.1, 0.15) is 17.4 Å². The predicted octanol–water partition coefficient (Wildman–Crippen LogP) is 3.12. The van der Waals surface area contributed by atoms with Crippen molar-refractivity contribution in [1.82, 2.24) is 15.0 Å². The lowest BCUT2D eigenvalue weighted by Gasteiger charge is -2.36. The number of hydrogen-bond donors (Lipinski definition) is 2. The molecule has 1 saturated heterocycles. The van der Waals surface area contributed by atoms with Crippen molar-refractivity contribution < 1.29 is 14.6 Å². The van der Waals surface area contributed by atoms with Gasteiger partial charge >= 0.3 is 0 Å². The summed E-state index contributed by atoms with van der Waals surface area (Å²) in [5.74, 6) is 2.17. The number of hydrogen-bond acceptors (Lipinski definition) is 9. The minimum absolute atomic E-state index is 0.0918. The molecule has 3 atom stereocenters. The number of nitriles is 1. The average molecular weight is 461 g/mol. The van der Waals surface area contributed by atoms with E-state index in [1.165, 1.54) is 0 Å². The Kier molecular flexibility index (Phi) is 7.03. The SMILES string of the molecule is Cc1nc(Oc2cc(C#N)ccc2-c2ccc(C(O)CN)cn2)cc(N2C[C@@H](C)O[C@@H](C)C2)n1. The number of morpholine rings is 1. The molecule has 9 nitrogen and oxygen atoms in total. The van der Waals surface area contributed by atoms with E-state index in [4.69, 9.17) is 15.2 Å². The quantitative estimate of drug-likeness (QED) is 0.569. The highest BCUT2D eigenvalue weighted by Crippen LogP contribution is 2.34. The van der Waals surface area contributed by atoms with Gasteiger partial charge in [-0.25, -0.2) is 4.98 Å². The van der Waals surface area contributed by atoms with Gasteiger partial charge in [0.25, 0.3) is 0 Å². The van der Waals surface area contributed by atoms with Gasteiger partial charge in [0, 0.05) is 43.0 Å². The minimum atomic E-state index is -0.772. The first-order chi connectivity index (χ1) is 16.4. The second-order valence-corrected chi connectivity index (χ2v) is 8.43. The lowest BCUT2D eigenvalue weighted by atomic mass is 10.1. The summed E-state index contributed by atoms with van der Waals surface area (Å²) in [5, 5.41) is 19.4. The van der Waals surface area contributed by atoms with E-state index in [0.717, 1.165) is 18.9 Å². The molecule has 0 spiro atoms. The zero-order valence-corrected chi connectivity index (χ0v) is 19.5. The largest absolute Gasteiger partial charge is 0.438 e. The smallest absolute Gasteiger partial charge is 0.224 e. The number of aryl methyl sites for hydroxylation is 1. The van der Waals surface area contributed by atoms with Crippen LogP contribution in [0.4, 0.5) is 5.82 Å². The zero-order chi connectivity index (χ0) is 24.2. The molecule has 1 aromatic carbocycles. The maximum absolute atomic E-state index is 9.95. The monoisotopic (exact) mass is 460 g/mol. The Balaban J connectivity index is 1.67. The van der Waals surface area contributed by atoms with E-state index in [1.54, 1.807) is 42.6 Å². The Morgan fingerprint density at radius 3 is 2.62 bits per heavy atom. The molecule has 176 valence electrons. The molecule has 1 fully saturated rings. The summed E-state index contributed by atoms with van der Waals surface area (Å²) in [4.78, 5) is 15.7. The summed E-state index contributed by atoms with van der Waals surface area (Å²) in [6.07, 6.45) is 0.997. The van der Waals surface area contributed by atoms with Gasteiger partial charge < -0.3 is 25.2 Å². The van der Waals surface area contributed by atoms with E-state index < -0.39 is 6.10 Å². The Morgan fingerprint density at radius 1 is 1.21 bits per heavy atom. The number of nitrogens with zero attached hydrogens (tertiary/aromatic N) is 5. The Bertz CT molecular complexity index is 1180. The van der Waals surface area contributed by atoms with Crippen molar-refractivity contribution in [2.75, 3.05) is 24.5 Å². The highest BCUT2D eigenvalue weighted by atomic mass is 16.5. The first-order valence-electron chi connectivity index (χ1n) is 11.2. The summed E-state index contributed by atoms with van der Waals surface area (Å²) in [6, 6.07) is 12.7. The predicted molar refractivity (Wildman–Crippen MR) is 127 cm³/mol. The first kappa shape index (κ1) is 23.6. The molecular weight excluding hydrogens is 432 g/mol. The lowest BCUT2D eigenvalue weighted by molar-refractivity contribution is -0.00549. The standard InChI is InChI=1S/C25H28N6O3/c1-15-13-31(14-16(2)33-15)24-9-25(30-17(3)29-24)34-23-8-18(10-26)4-6-20(23)21-7-5-19(12-28-21)22(32)11-27/h4-9,12,15-16,22,32H,11,13-14,27H2,1-3H3/t15-,16+,22?. The molecule has 0 bridgehead atoms. The van der Waals surface area contributed by atoms with Crippen molar-refractivity contribution >= 4 is 5.82 Å². The minimum Gasteiger partial charge on any atom is -0.438 e. The van der Waals surface area contributed by atoms with E-state index in [9.17, 15) is 10.4 Å². The summed E-state index contributed by atoms with van der Waals surface area (Å²) < 4.78 is 12.0. The van der Waals surface area contributed by atoms with Crippen LogP contribution in [0, 0.1) is 18.3 Å². The van der Waals surface area contributed by atoms with Gasteiger partial charge in [-0.15, -0.1) is 0 Å². The van der Waals surface area contributed by atoms with Gasteiger partial charge in [0.2, 0.25) is 5.88 Å². The van der Waals surface area contributed by atoms with E-state index in [-0.39, 0.29) is 18.8 Å². The van der Waals surface area contributed by atoms with E-state index in [1.807, 2.05) is 20.8 Å². The molecule has 0 saturated carbocycles. The van der Waals surface area contributed by atoms with Crippen LogP contribution in [-0.4, -0.2) is 51.9 Å². The number of aliphatic hydroxyl groups is 1. The van der Waals surface area contributed by atoms with Crippen LogP contribution < -0.4 is 15.4 Å². The fourth-order valence-corrected chi connectivity index (χ4v) is 4.00. The molecule has 1 unspecified atom stereocenters. The van der Waals surface area contributed by atoms with Gasteiger partial charge in [-0.3, -0.25) is 4.98 Å². The topological polar surface area (TPSA) is 130 Å². The average Bonchev–Trinajstić information content (AvgIpc) is 2.82. The van der Waals surface area contributed by atoms with Crippen LogP contribution in [0.25, 0.3) is 11.3 Å². The second kappa shape index (κ2) is 10.1. The second-order valence-electron chi connectivity index (χ2n) is 8.43. The van der Waals surface area contributed by atoms with Crippen molar-refractivity contribution in [3.8, 4) is 29.0 Å². The van der Waals surface area contributed by atoms with Crippen molar-refractivity contribution in [3.05, 3.63) is 59.5 Å². The molecule has 3 N–H and O–H groups in total. The number of benzene rings is 1. The fraction of sp³-hybridized carbons (Fsp3) is 0.360. The normalized spacial score (nSPS) is 18.9. The van der Waals surface area contributed by atoms with Crippen LogP contribution in [0.5, 0.6) is 11.6 Å². The van der Waals surface area contributed by atoms with E-state index in [2.05, 4.69) is 25.9 Å². The Labute approximate surface area is 198 Å². The first-order valence-corrected chi connectivity index (χ1v) is 11.2. The van der Waals surface area contributed by atoms with Crippen molar-refractivity contribution in [1.29, 1.82) is 5.26 Å². The van der Waals surface area contributed by atoms with Crippen molar-refractivity contribution in [2.45, 2.75) is 39.1 Å². The Morgan fingerprint density at radius 2 is 1.97 bits per heavy atom. The molecule has 9 heteroatoms. The lowest BCUT2D eigenvalue weighted by Crippen LogP contribution is -2.45. The van der Waals surface area contributed by atoms with Gasteiger partial charge in [0.15, 0.2) is 0 Å². The molecule has 2 aromatic heterocycles. The number of ether oxygens (including phenoxy) is 2. The van der Waals surface area contributed by atoms with Gasteiger partial charge in [-0.1, -0.05) is 6.07 Å². The van der Waals surface area contributed by atoms with E-state index >= 15 is 0 Å². The van der Waals surface area contributed by atoms with Crippen LogP contribution in [-0.2, 0) is 4.74 Å². The van der Waals surface area contributed by atoms with Gasteiger partial charge in [0.05, 0.1) is 35.6 Å². The number of nitrogens with two attached hydrogens (primary N) is 1. The molecule has 3 aromatic rings. The summed E-state index contributed by atoms with van der Waals surface area (Å²) in [6.45, 7) is 7.46. The molecule has 3 heterocycles. The van der Waals surface area contributed by atoms with Gasteiger partial charge in [-0.2, -0.15) is 10.2 Å². The molecule has 0 amide bonds. The number of aliphatic hydroxyl groups excluding tert-OH is 1. The van der Waals surface area contributed by atoms with Crippen LogP contribution >= 0.6 is 0 Å². The molecule has 0 radical (unpaired) electrons. The van der Waals surface area contributed by atoms with E-state index in [0.29, 0.717) is 39.8 Å². The highest BCUT2D eigenvalue weighted by Gasteiger charge is 2.24. The van der Waals surface area contributed by atoms with Crippen LogP contribution in [0.3, 0.4) is 0 Å². The third kappa shape index (κ3) is 5.31. The number of aromatic nitrogens is 3. The molecule has 0 aliphatic carbocycles. The van der Waals surface area contributed by atoms with Crippen LogP contribution in [0.15, 0.2) is 42.6 Å². The summed E-state index contributed by atoms with van der Waals surface area (Å²) in [5.41, 5.74) is 7.95. The molecular formula is C25H28N6O3. The molecule has 34 heavy (non-hydrogen) atoms. The zero-order valence-electron chi connectivity index (χ0n) is 19.5.